The number of ether oxygens (including phenoxy) is 2. The van der Waals surface area contributed by atoms with E-state index in [1.807, 2.05) is 0 Å². The summed E-state index contributed by atoms with van der Waals surface area (Å²) in [5, 5.41) is 13.4. The molecule has 0 aliphatic carbocycles. The van der Waals surface area contributed by atoms with Gasteiger partial charge in [-0.05, 0) is 27.7 Å². The lowest BCUT2D eigenvalue weighted by atomic mass is 9.78. The Hall–Kier alpha value is -0.850. The van der Waals surface area contributed by atoms with Crippen LogP contribution in [0.15, 0.2) is 0 Å². The lowest BCUT2D eigenvalue weighted by Crippen LogP contribution is -2.61. The average molecular weight is 310 g/mol. The number of piperidine rings is 1. The lowest BCUT2D eigenvalue weighted by Gasteiger charge is -2.41. The molecule has 4 atom stereocenters. The van der Waals surface area contributed by atoms with Gasteiger partial charge in [0.1, 0.15) is 0 Å². The molecule has 2 N–H and O–H groups in total. The van der Waals surface area contributed by atoms with Crippen molar-refractivity contribution >= 4 is 24.3 Å². The van der Waals surface area contributed by atoms with Crippen LogP contribution in [0.1, 0.15) is 27.7 Å². The summed E-state index contributed by atoms with van der Waals surface area (Å²) < 4.78 is 9.91. The molecule has 0 saturated carbocycles. The van der Waals surface area contributed by atoms with Crippen LogP contribution >= 0.6 is 12.4 Å². The fourth-order valence-corrected chi connectivity index (χ4v) is 2.60. The first-order valence-electron chi connectivity index (χ1n) is 6.71. The second kappa shape index (κ2) is 8.44. The molecular weight excluding hydrogens is 286 g/mol. The molecule has 118 valence electrons. The number of hydrogen-bond donors (Lipinski definition) is 2. The third-order valence-corrected chi connectivity index (χ3v) is 3.46. The molecule has 0 radical (unpaired) electrons. The number of halogens is 1. The van der Waals surface area contributed by atoms with E-state index in [0.717, 1.165) is 0 Å². The maximum atomic E-state index is 11.9. The van der Waals surface area contributed by atoms with Gasteiger partial charge in [-0.25, -0.2) is 0 Å². The second-order valence-corrected chi connectivity index (χ2v) is 4.79. The first kappa shape index (κ1) is 19.1. The summed E-state index contributed by atoms with van der Waals surface area (Å²) in [6.45, 7) is 7.49. The van der Waals surface area contributed by atoms with Crippen molar-refractivity contribution in [2.75, 3.05) is 13.2 Å². The Morgan fingerprint density at radius 2 is 1.35 bits per heavy atom. The van der Waals surface area contributed by atoms with Crippen LogP contribution in [0.2, 0.25) is 0 Å². The van der Waals surface area contributed by atoms with Crippen molar-refractivity contribution in [2.45, 2.75) is 45.9 Å². The minimum absolute atomic E-state index is 0. The van der Waals surface area contributed by atoms with Gasteiger partial charge < -0.3 is 19.9 Å². The van der Waals surface area contributed by atoms with E-state index in [2.05, 4.69) is 5.32 Å². The van der Waals surface area contributed by atoms with Crippen molar-refractivity contribution < 1.29 is 24.2 Å². The molecule has 20 heavy (non-hydrogen) atoms. The molecule has 1 saturated heterocycles. The standard InChI is InChI=1S/C13H23NO5.ClH/c1-5-18-12(16)9-7(3)14-8(4)10(11(9)15)13(17)19-6-2;/h7-11,14-15H,5-6H2,1-4H3;1H. The molecule has 7 heteroatoms. The summed E-state index contributed by atoms with van der Waals surface area (Å²) >= 11 is 0. The predicted octanol–water partition coefficient (Wildman–Crippen LogP) is 0.508. The number of aliphatic hydroxyl groups is 1. The van der Waals surface area contributed by atoms with Crippen LogP contribution in [0, 0.1) is 11.8 Å². The quantitative estimate of drug-likeness (QED) is 0.736. The highest BCUT2D eigenvalue weighted by Crippen LogP contribution is 2.28. The van der Waals surface area contributed by atoms with Crippen molar-refractivity contribution in [3.05, 3.63) is 0 Å². The van der Waals surface area contributed by atoms with E-state index in [4.69, 9.17) is 9.47 Å². The molecular formula is C13H24ClNO5. The van der Waals surface area contributed by atoms with Crippen LogP contribution in [0.4, 0.5) is 0 Å². The van der Waals surface area contributed by atoms with Crippen LogP contribution in [-0.2, 0) is 19.1 Å². The smallest absolute Gasteiger partial charge is 0.313 e. The number of carbonyl (C=O) groups is 2. The molecule has 0 amide bonds. The molecule has 1 heterocycles. The van der Waals surface area contributed by atoms with Gasteiger partial charge >= 0.3 is 11.9 Å². The molecule has 1 aliphatic rings. The summed E-state index contributed by atoms with van der Waals surface area (Å²) in [4.78, 5) is 23.8. The maximum Gasteiger partial charge on any atom is 0.313 e. The number of carbonyl (C=O) groups excluding carboxylic acids is 2. The van der Waals surface area contributed by atoms with Gasteiger partial charge in [0.25, 0.3) is 0 Å². The van der Waals surface area contributed by atoms with E-state index in [0.29, 0.717) is 0 Å². The van der Waals surface area contributed by atoms with E-state index in [9.17, 15) is 14.7 Å². The summed E-state index contributed by atoms with van der Waals surface area (Å²) in [5.41, 5.74) is 0. The van der Waals surface area contributed by atoms with Gasteiger partial charge in [-0.1, -0.05) is 0 Å². The number of rotatable bonds is 4. The molecule has 1 fully saturated rings. The Kier molecular flexibility index (Phi) is 8.08. The Morgan fingerprint density at radius 3 is 1.65 bits per heavy atom. The molecule has 0 aromatic heterocycles. The van der Waals surface area contributed by atoms with Crippen molar-refractivity contribution in [3.63, 3.8) is 0 Å². The minimum Gasteiger partial charge on any atom is -0.466 e. The van der Waals surface area contributed by atoms with E-state index in [1.54, 1.807) is 27.7 Å². The van der Waals surface area contributed by atoms with Crippen LogP contribution in [0.5, 0.6) is 0 Å². The molecule has 0 aromatic rings. The highest BCUT2D eigenvalue weighted by molar-refractivity contribution is 5.85. The molecule has 1 aliphatic heterocycles. The Labute approximate surface area is 125 Å². The molecule has 0 spiro atoms. The third kappa shape index (κ3) is 4.07. The van der Waals surface area contributed by atoms with Crippen LogP contribution in [0.25, 0.3) is 0 Å². The van der Waals surface area contributed by atoms with Gasteiger partial charge in [-0.15, -0.1) is 12.4 Å². The first-order chi connectivity index (χ1) is 8.93. The summed E-state index contributed by atoms with van der Waals surface area (Å²) in [7, 11) is 0. The molecule has 4 unspecified atom stereocenters. The van der Waals surface area contributed by atoms with Crippen molar-refractivity contribution in [1.82, 2.24) is 5.32 Å². The summed E-state index contributed by atoms with van der Waals surface area (Å²) in [5.74, 6) is -2.50. The molecule has 6 nitrogen and oxygen atoms in total. The lowest BCUT2D eigenvalue weighted by molar-refractivity contribution is -0.167. The first-order valence-corrected chi connectivity index (χ1v) is 6.71. The van der Waals surface area contributed by atoms with E-state index in [-0.39, 0.29) is 37.7 Å². The maximum absolute atomic E-state index is 11.9. The summed E-state index contributed by atoms with van der Waals surface area (Å²) in [6.07, 6.45) is -1.09. The number of esters is 2. The Morgan fingerprint density at radius 1 is 1.00 bits per heavy atom. The summed E-state index contributed by atoms with van der Waals surface area (Å²) in [6, 6.07) is -0.510. The van der Waals surface area contributed by atoms with Crippen LogP contribution < -0.4 is 5.32 Å². The number of aliphatic hydroxyl groups excluding tert-OH is 1. The third-order valence-electron chi connectivity index (χ3n) is 3.46. The largest absolute Gasteiger partial charge is 0.466 e. The van der Waals surface area contributed by atoms with Gasteiger partial charge in [-0.3, -0.25) is 9.59 Å². The highest BCUT2D eigenvalue weighted by Gasteiger charge is 2.48. The SMILES string of the molecule is CCOC(=O)C1C(C)NC(C)C(C(=O)OCC)C1O.Cl. The van der Waals surface area contributed by atoms with Crippen molar-refractivity contribution in [3.8, 4) is 0 Å². The van der Waals surface area contributed by atoms with Gasteiger partial charge in [-0.2, -0.15) is 0 Å². The zero-order chi connectivity index (χ0) is 14.6. The fraction of sp³-hybridized carbons (Fsp3) is 0.846. The Balaban J connectivity index is 0.00000361. The fourth-order valence-electron chi connectivity index (χ4n) is 2.60. The molecule has 0 aromatic carbocycles. The second-order valence-electron chi connectivity index (χ2n) is 4.79. The zero-order valence-electron chi connectivity index (χ0n) is 12.3. The predicted molar refractivity (Wildman–Crippen MR) is 75.6 cm³/mol. The van der Waals surface area contributed by atoms with Crippen molar-refractivity contribution in [1.29, 1.82) is 0 Å². The van der Waals surface area contributed by atoms with Crippen LogP contribution in [0.3, 0.4) is 0 Å². The van der Waals surface area contributed by atoms with Gasteiger partial charge in [0.05, 0.1) is 31.2 Å². The zero-order valence-corrected chi connectivity index (χ0v) is 13.1. The molecule has 1 rings (SSSR count). The van der Waals surface area contributed by atoms with Gasteiger partial charge in [0.15, 0.2) is 0 Å². The van der Waals surface area contributed by atoms with Gasteiger partial charge in [0, 0.05) is 12.1 Å². The normalized spacial score (nSPS) is 33.0. The van der Waals surface area contributed by atoms with Crippen LogP contribution in [-0.4, -0.2) is 48.4 Å². The molecule has 0 bridgehead atoms. The highest BCUT2D eigenvalue weighted by atomic mass is 35.5. The van der Waals surface area contributed by atoms with E-state index in [1.165, 1.54) is 0 Å². The number of nitrogens with one attached hydrogen (secondary N) is 1. The topological polar surface area (TPSA) is 84.9 Å². The average Bonchev–Trinajstić information content (AvgIpc) is 2.28. The minimum atomic E-state index is -1.09. The van der Waals surface area contributed by atoms with Gasteiger partial charge in [0.2, 0.25) is 0 Å². The van der Waals surface area contributed by atoms with E-state index >= 15 is 0 Å². The monoisotopic (exact) mass is 309 g/mol. The van der Waals surface area contributed by atoms with E-state index < -0.39 is 29.9 Å². The van der Waals surface area contributed by atoms with Crippen molar-refractivity contribution in [2.24, 2.45) is 11.8 Å². The number of hydrogen-bond acceptors (Lipinski definition) is 6. The Bertz CT molecular complexity index is 309.